The molecule has 0 saturated carbocycles. The molecule has 3 N–H and O–H groups in total. The summed E-state index contributed by atoms with van der Waals surface area (Å²) in [6.45, 7) is 1.44. The zero-order chi connectivity index (χ0) is 30.2. The van der Waals surface area contributed by atoms with Crippen molar-refractivity contribution in [3.05, 3.63) is 108 Å². The number of hydrogen-bond acceptors (Lipinski definition) is 9. The first-order chi connectivity index (χ1) is 20.8. The summed E-state index contributed by atoms with van der Waals surface area (Å²) in [6.07, 6.45) is -6.49. The highest BCUT2D eigenvalue weighted by molar-refractivity contribution is 7.97. The molecule has 0 radical (unpaired) electrons. The summed E-state index contributed by atoms with van der Waals surface area (Å²) in [4.78, 5) is 0. The highest BCUT2D eigenvalue weighted by Gasteiger charge is 2.57. The molecule has 0 aromatic heterocycles. The van der Waals surface area contributed by atoms with Crippen LogP contribution in [0.1, 0.15) is 16.7 Å². The van der Waals surface area contributed by atoms with Crippen molar-refractivity contribution in [3.8, 4) is 0 Å². The van der Waals surface area contributed by atoms with E-state index >= 15 is 0 Å². The lowest BCUT2D eigenvalue weighted by molar-refractivity contribution is -0.123. The number of benzene rings is 3. The van der Waals surface area contributed by atoms with Crippen LogP contribution in [0.5, 0.6) is 0 Å². The summed E-state index contributed by atoms with van der Waals surface area (Å²) in [6, 6.07) is 29.4. The van der Waals surface area contributed by atoms with E-state index in [1.807, 2.05) is 91.0 Å². The van der Waals surface area contributed by atoms with Gasteiger partial charge in [0.05, 0.1) is 26.4 Å². The molecule has 8 atom stereocenters. The molecule has 232 valence electrons. The molecule has 43 heavy (non-hydrogen) atoms. The summed E-state index contributed by atoms with van der Waals surface area (Å²) in [5.41, 5.74) is 3.04. The monoisotopic (exact) mass is 633 g/mol. The molecule has 0 bridgehead atoms. The molecule has 0 amide bonds. The Hall–Kier alpha value is -2.36. The third-order valence-electron chi connectivity index (χ3n) is 7.45. The van der Waals surface area contributed by atoms with Gasteiger partial charge < -0.3 is 29.2 Å². The Kier molecular flexibility index (Phi) is 11.2. The van der Waals surface area contributed by atoms with Crippen LogP contribution in [0, 0.1) is 0 Å². The van der Waals surface area contributed by atoms with Crippen LogP contribution in [0.15, 0.2) is 91.0 Å². The molecule has 10 nitrogen and oxygen atoms in total. The standard InChI is InChI=1S/C31H36O10S2/c32-28-30(41-43(34,35)36)26(40-31(28)33)21-42-20-25(38-17-23-12-6-2-7-13-23)29(39-18-24-14-8-3-9-15-24)27(42)19-37-16-22-10-4-1-5-11-22/h1-15,25-33H,16-21H2/p+1/t25-,26-,27-,28-,29+,30+,31+,42?/m1/s1. The zero-order valence-corrected chi connectivity index (χ0v) is 25.1. The Morgan fingerprint density at radius 1 is 0.767 bits per heavy atom. The summed E-state index contributed by atoms with van der Waals surface area (Å²) < 4.78 is 61.9. The second kappa shape index (κ2) is 15.1. The maximum atomic E-state index is 11.5. The lowest BCUT2D eigenvalue weighted by atomic mass is 10.1. The van der Waals surface area contributed by atoms with Gasteiger partial charge in [-0.15, -0.1) is 0 Å². The van der Waals surface area contributed by atoms with Crippen LogP contribution in [0.3, 0.4) is 0 Å². The van der Waals surface area contributed by atoms with Crippen molar-refractivity contribution in [2.75, 3.05) is 18.1 Å². The van der Waals surface area contributed by atoms with Crippen molar-refractivity contribution in [2.45, 2.75) is 61.9 Å². The van der Waals surface area contributed by atoms with E-state index in [4.69, 9.17) is 23.1 Å². The average molecular weight is 634 g/mol. The first kappa shape index (κ1) is 32.0. The molecule has 5 rings (SSSR count). The van der Waals surface area contributed by atoms with Crippen LogP contribution in [0.25, 0.3) is 0 Å². The van der Waals surface area contributed by atoms with Gasteiger partial charge in [0, 0.05) is 10.9 Å². The normalized spacial score (nSPS) is 29.2. The molecule has 2 saturated heterocycles. The van der Waals surface area contributed by atoms with Gasteiger partial charge in [-0.05, 0) is 16.7 Å². The second-order valence-corrected chi connectivity index (χ2v) is 13.9. The van der Waals surface area contributed by atoms with E-state index in [-0.39, 0.29) is 23.2 Å². The van der Waals surface area contributed by atoms with Gasteiger partial charge in [0.25, 0.3) is 0 Å². The van der Waals surface area contributed by atoms with E-state index in [0.717, 1.165) is 16.7 Å². The lowest BCUT2D eigenvalue weighted by Gasteiger charge is -2.23. The van der Waals surface area contributed by atoms with E-state index < -0.39 is 45.9 Å². The molecule has 2 aliphatic rings. The predicted octanol–water partition coefficient (Wildman–Crippen LogP) is 2.64. The molecule has 1 unspecified atom stereocenters. The summed E-state index contributed by atoms with van der Waals surface area (Å²) in [5.74, 6) is 0.778. The Labute approximate surface area is 254 Å². The minimum Gasteiger partial charge on any atom is -0.385 e. The van der Waals surface area contributed by atoms with Crippen LogP contribution >= 0.6 is 0 Å². The minimum absolute atomic E-state index is 0.182. The zero-order valence-electron chi connectivity index (χ0n) is 23.5. The van der Waals surface area contributed by atoms with Crippen molar-refractivity contribution < 1.29 is 46.3 Å². The summed E-state index contributed by atoms with van der Waals surface area (Å²) in [7, 11) is -5.46. The van der Waals surface area contributed by atoms with Crippen molar-refractivity contribution in [1.82, 2.24) is 0 Å². The lowest BCUT2D eigenvalue weighted by Crippen LogP contribution is -2.43. The Bertz CT molecular complexity index is 1360. The number of rotatable bonds is 14. The van der Waals surface area contributed by atoms with Crippen LogP contribution in [0.4, 0.5) is 0 Å². The number of hydrogen-bond donors (Lipinski definition) is 3. The van der Waals surface area contributed by atoms with Crippen LogP contribution in [0.2, 0.25) is 0 Å². The van der Waals surface area contributed by atoms with Gasteiger partial charge in [-0.25, -0.2) is 4.18 Å². The smallest absolute Gasteiger partial charge is 0.385 e. The highest BCUT2D eigenvalue weighted by Crippen LogP contribution is 2.34. The molecule has 2 fully saturated rings. The first-order valence-corrected chi connectivity index (χ1v) is 17.0. The van der Waals surface area contributed by atoms with Gasteiger partial charge in [-0.1, -0.05) is 91.0 Å². The highest BCUT2D eigenvalue weighted by atomic mass is 32.3. The SMILES string of the molecule is O=S(=O)(O)O[C@@H]1[C@@H](O)[C@@H](O)O[C@@H]1C[S+]1C[C@@H](OCc2ccccc2)[C@H](OCc2ccccc2)[C@H]1COCc1ccccc1. The van der Waals surface area contributed by atoms with E-state index in [1.54, 1.807) is 0 Å². The van der Waals surface area contributed by atoms with Crippen molar-refractivity contribution in [2.24, 2.45) is 0 Å². The molecule has 0 spiro atoms. The quantitative estimate of drug-likeness (QED) is 0.179. The van der Waals surface area contributed by atoms with Crippen molar-refractivity contribution in [1.29, 1.82) is 0 Å². The van der Waals surface area contributed by atoms with Crippen LogP contribution in [-0.2, 0) is 64.2 Å². The van der Waals surface area contributed by atoms with Gasteiger partial charge in [-0.3, -0.25) is 4.55 Å². The Balaban J connectivity index is 1.37. The maximum absolute atomic E-state index is 11.5. The predicted molar refractivity (Wildman–Crippen MR) is 160 cm³/mol. The van der Waals surface area contributed by atoms with Crippen LogP contribution < -0.4 is 0 Å². The van der Waals surface area contributed by atoms with E-state index in [1.165, 1.54) is 0 Å². The molecular weight excluding hydrogens is 596 g/mol. The summed E-state index contributed by atoms with van der Waals surface area (Å²) in [5, 5.41) is 20.4. The van der Waals surface area contributed by atoms with E-state index in [9.17, 15) is 23.2 Å². The van der Waals surface area contributed by atoms with Gasteiger partial charge in [0.1, 0.15) is 42.0 Å². The molecule has 2 heterocycles. The van der Waals surface area contributed by atoms with Crippen LogP contribution in [-0.4, -0.2) is 83.4 Å². The molecule has 0 aliphatic carbocycles. The maximum Gasteiger partial charge on any atom is 0.397 e. The molecular formula is C31H37O10S2+. The van der Waals surface area contributed by atoms with Crippen molar-refractivity contribution >= 4 is 21.3 Å². The van der Waals surface area contributed by atoms with Crippen molar-refractivity contribution in [3.63, 3.8) is 0 Å². The minimum atomic E-state index is -4.91. The third kappa shape index (κ3) is 9.08. The number of aliphatic hydroxyl groups is 2. The fraction of sp³-hybridized carbons (Fsp3) is 0.419. The van der Waals surface area contributed by atoms with Gasteiger partial charge in [0.2, 0.25) is 0 Å². The fourth-order valence-corrected chi connectivity index (χ4v) is 8.80. The Morgan fingerprint density at radius 2 is 1.30 bits per heavy atom. The topological polar surface area (TPSA) is 141 Å². The molecule has 12 heteroatoms. The largest absolute Gasteiger partial charge is 0.397 e. The fourth-order valence-electron chi connectivity index (χ4n) is 5.33. The molecule has 3 aromatic carbocycles. The first-order valence-electron chi connectivity index (χ1n) is 14.0. The van der Waals surface area contributed by atoms with Gasteiger partial charge in [0.15, 0.2) is 11.5 Å². The molecule has 2 aliphatic heterocycles. The third-order valence-corrected chi connectivity index (χ3v) is 10.7. The molecule has 3 aromatic rings. The number of aliphatic hydroxyl groups excluding tert-OH is 2. The van der Waals surface area contributed by atoms with E-state index in [2.05, 4.69) is 0 Å². The average Bonchev–Trinajstić information content (AvgIpc) is 3.46. The summed E-state index contributed by atoms with van der Waals surface area (Å²) >= 11 is 0. The van der Waals surface area contributed by atoms with Gasteiger partial charge >= 0.3 is 10.4 Å². The number of ether oxygens (including phenoxy) is 4. The second-order valence-electron chi connectivity index (χ2n) is 10.6. The van der Waals surface area contributed by atoms with E-state index in [0.29, 0.717) is 32.2 Å². The van der Waals surface area contributed by atoms with Gasteiger partial charge in [-0.2, -0.15) is 8.42 Å². The Morgan fingerprint density at radius 3 is 1.86 bits per heavy atom.